The van der Waals surface area contributed by atoms with E-state index in [1.807, 2.05) is 85.1 Å². The summed E-state index contributed by atoms with van der Waals surface area (Å²) in [6, 6.07) is 51.6. The first-order chi connectivity index (χ1) is 25.2. The van der Waals surface area contributed by atoms with Gasteiger partial charge < -0.3 is 4.42 Å². The SMILES string of the molecule is c1ccc(-c2nc(-c3ccccc3)nc(-c3cc(-c4cccc5cnc(-c6cc7c(cn6)oc6ccccc67)cc45)c4ccccc4c3)n2)cc1. The van der Waals surface area contributed by atoms with Crippen molar-refractivity contribution in [2.45, 2.75) is 0 Å². The Balaban J connectivity index is 1.17. The van der Waals surface area contributed by atoms with Crippen LogP contribution in [0.25, 0.3) is 100 Å². The molecule has 10 rings (SSSR count). The molecule has 0 atom stereocenters. The Morgan fingerprint density at radius 2 is 0.941 bits per heavy atom. The van der Waals surface area contributed by atoms with E-state index in [2.05, 4.69) is 72.8 Å². The lowest BCUT2D eigenvalue weighted by molar-refractivity contribution is 0.667. The molecular formula is C45H27N5O. The van der Waals surface area contributed by atoms with Crippen LogP contribution in [-0.2, 0) is 0 Å². The van der Waals surface area contributed by atoms with E-state index in [-0.39, 0.29) is 0 Å². The van der Waals surface area contributed by atoms with Gasteiger partial charge in [0.1, 0.15) is 5.58 Å². The molecule has 10 aromatic rings. The summed E-state index contributed by atoms with van der Waals surface area (Å²) in [4.78, 5) is 24.7. The minimum absolute atomic E-state index is 0.613. The third-order valence-corrected chi connectivity index (χ3v) is 9.40. The molecule has 6 nitrogen and oxygen atoms in total. The Kier molecular flexibility index (Phi) is 6.70. The molecule has 0 N–H and O–H groups in total. The maximum atomic E-state index is 6.05. The molecule has 6 aromatic carbocycles. The smallest absolute Gasteiger partial charge is 0.164 e. The van der Waals surface area contributed by atoms with E-state index in [1.165, 1.54) is 0 Å². The van der Waals surface area contributed by atoms with Crippen molar-refractivity contribution in [2.24, 2.45) is 0 Å². The monoisotopic (exact) mass is 653 g/mol. The summed E-state index contributed by atoms with van der Waals surface area (Å²) >= 11 is 0. The fourth-order valence-corrected chi connectivity index (χ4v) is 6.92. The summed E-state index contributed by atoms with van der Waals surface area (Å²) in [5.74, 6) is 1.87. The molecule has 0 aliphatic carbocycles. The van der Waals surface area contributed by atoms with E-state index < -0.39 is 0 Å². The van der Waals surface area contributed by atoms with Crippen molar-refractivity contribution in [3.8, 4) is 56.7 Å². The van der Waals surface area contributed by atoms with Crippen LogP contribution in [0.2, 0.25) is 0 Å². The summed E-state index contributed by atoms with van der Waals surface area (Å²) in [5.41, 5.74) is 8.13. The van der Waals surface area contributed by atoms with Crippen molar-refractivity contribution in [3.05, 3.63) is 164 Å². The van der Waals surface area contributed by atoms with Gasteiger partial charge in [-0.25, -0.2) is 15.0 Å². The van der Waals surface area contributed by atoms with Crippen LogP contribution in [-0.4, -0.2) is 24.9 Å². The average Bonchev–Trinajstić information content (AvgIpc) is 3.58. The lowest BCUT2D eigenvalue weighted by Crippen LogP contribution is -2.00. The molecule has 4 heterocycles. The second-order valence-corrected chi connectivity index (χ2v) is 12.5. The number of pyridine rings is 2. The van der Waals surface area contributed by atoms with Crippen molar-refractivity contribution in [1.82, 2.24) is 24.9 Å². The molecule has 0 aliphatic rings. The molecule has 0 saturated carbocycles. The molecule has 0 amide bonds. The summed E-state index contributed by atoms with van der Waals surface area (Å²) < 4.78 is 6.05. The molecule has 4 aromatic heterocycles. The van der Waals surface area contributed by atoms with Gasteiger partial charge in [0.15, 0.2) is 23.1 Å². The number of para-hydroxylation sites is 1. The van der Waals surface area contributed by atoms with Crippen molar-refractivity contribution in [2.75, 3.05) is 0 Å². The number of fused-ring (bicyclic) bond motifs is 5. The highest BCUT2D eigenvalue weighted by Gasteiger charge is 2.17. The second-order valence-electron chi connectivity index (χ2n) is 12.5. The zero-order chi connectivity index (χ0) is 33.7. The number of benzene rings is 6. The second kappa shape index (κ2) is 11.8. The Bertz CT molecular complexity index is 2860. The first kappa shape index (κ1) is 28.9. The van der Waals surface area contributed by atoms with Crippen LogP contribution in [0.5, 0.6) is 0 Å². The molecular weight excluding hydrogens is 627 g/mol. The Morgan fingerprint density at radius 1 is 0.353 bits per heavy atom. The number of hydrogen-bond acceptors (Lipinski definition) is 6. The van der Waals surface area contributed by atoms with Gasteiger partial charge in [-0.1, -0.05) is 121 Å². The van der Waals surface area contributed by atoms with Gasteiger partial charge in [0.25, 0.3) is 0 Å². The Labute approximate surface area is 292 Å². The zero-order valence-electron chi connectivity index (χ0n) is 27.2. The number of furan rings is 1. The van der Waals surface area contributed by atoms with E-state index in [1.54, 1.807) is 6.20 Å². The van der Waals surface area contributed by atoms with E-state index in [9.17, 15) is 0 Å². The highest BCUT2D eigenvalue weighted by Crippen LogP contribution is 2.39. The Hall–Kier alpha value is -7.05. The summed E-state index contributed by atoms with van der Waals surface area (Å²) in [6.07, 6.45) is 3.73. The molecule has 6 heteroatoms. The van der Waals surface area contributed by atoms with Crippen LogP contribution in [0.3, 0.4) is 0 Å². The van der Waals surface area contributed by atoms with Crippen LogP contribution >= 0.6 is 0 Å². The fraction of sp³-hybridized carbons (Fsp3) is 0. The van der Waals surface area contributed by atoms with Gasteiger partial charge in [0, 0.05) is 39.0 Å². The summed E-state index contributed by atoms with van der Waals surface area (Å²) in [6.45, 7) is 0. The molecule has 238 valence electrons. The minimum Gasteiger partial charge on any atom is -0.454 e. The molecule has 0 aliphatic heterocycles. The molecule has 0 bridgehead atoms. The topological polar surface area (TPSA) is 77.6 Å². The van der Waals surface area contributed by atoms with Gasteiger partial charge in [-0.05, 0) is 57.6 Å². The van der Waals surface area contributed by atoms with Gasteiger partial charge in [-0.15, -0.1) is 0 Å². The lowest BCUT2D eigenvalue weighted by Gasteiger charge is -2.14. The number of nitrogens with zero attached hydrogens (tertiary/aromatic N) is 5. The van der Waals surface area contributed by atoms with Crippen molar-refractivity contribution >= 4 is 43.5 Å². The third kappa shape index (κ3) is 5.09. The standard InChI is InChI=1S/C45H27N5O/c1-3-12-28(13-4-1)43-48-44(29-14-5-2-6-15-29)50-45(49-43)32-22-30-16-7-8-18-33(30)37(23-32)34-20-11-17-31-26-46-39(24-36(31)34)40-25-38-35-19-9-10-21-41(35)51-42(38)27-47-40/h1-27H. The van der Waals surface area contributed by atoms with Crippen molar-refractivity contribution in [3.63, 3.8) is 0 Å². The lowest BCUT2D eigenvalue weighted by atomic mass is 9.92. The highest BCUT2D eigenvalue weighted by atomic mass is 16.3. The van der Waals surface area contributed by atoms with Gasteiger partial charge in [0.05, 0.1) is 17.6 Å². The van der Waals surface area contributed by atoms with Gasteiger partial charge >= 0.3 is 0 Å². The van der Waals surface area contributed by atoms with Crippen LogP contribution in [0.15, 0.2) is 168 Å². The fourth-order valence-electron chi connectivity index (χ4n) is 6.92. The quantitative estimate of drug-likeness (QED) is 0.184. The third-order valence-electron chi connectivity index (χ3n) is 9.40. The highest BCUT2D eigenvalue weighted by molar-refractivity contribution is 6.08. The molecule has 0 spiro atoms. The van der Waals surface area contributed by atoms with Crippen LogP contribution < -0.4 is 0 Å². The predicted octanol–water partition coefficient (Wildman–Crippen LogP) is 11.2. The van der Waals surface area contributed by atoms with Crippen LogP contribution in [0.1, 0.15) is 0 Å². The molecule has 0 unspecified atom stereocenters. The van der Waals surface area contributed by atoms with E-state index in [4.69, 9.17) is 29.3 Å². The number of aromatic nitrogens is 5. The van der Waals surface area contributed by atoms with Crippen LogP contribution in [0, 0.1) is 0 Å². The molecule has 0 radical (unpaired) electrons. The summed E-state index contributed by atoms with van der Waals surface area (Å²) in [7, 11) is 0. The zero-order valence-corrected chi connectivity index (χ0v) is 27.2. The van der Waals surface area contributed by atoms with Gasteiger partial charge in [0.2, 0.25) is 0 Å². The maximum Gasteiger partial charge on any atom is 0.164 e. The largest absolute Gasteiger partial charge is 0.454 e. The average molecular weight is 654 g/mol. The first-order valence-electron chi connectivity index (χ1n) is 16.8. The van der Waals surface area contributed by atoms with Crippen molar-refractivity contribution < 1.29 is 4.42 Å². The van der Waals surface area contributed by atoms with Gasteiger partial charge in [-0.2, -0.15) is 0 Å². The first-order valence-corrected chi connectivity index (χ1v) is 16.8. The van der Waals surface area contributed by atoms with E-state index >= 15 is 0 Å². The van der Waals surface area contributed by atoms with E-state index in [0.717, 1.165) is 82.7 Å². The Morgan fingerprint density at radius 3 is 1.69 bits per heavy atom. The maximum absolute atomic E-state index is 6.05. The van der Waals surface area contributed by atoms with E-state index in [0.29, 0.717) is 17.5 Å². The minimum atomic E-state index is 0.613. The molecule has 0 fully saturated rings. The molecule has 0 saturated heterocycles. The molecule has 51 heavy (non-hydrogen) atoms. The van der Waals surface area contributed by atoms with Crippen LogP contribution in [0.4, 0.5) is 0 Å². The summed E-state index contributed by atoms with van der Waals surface area (Å²) in [5, 5.41) is 6.43. The predicted molar refractivity (Wildman–Crippen MR) is 205 cm³/mol. The van der Waals surface area contributed by atoms with Gasteiger partial charge in [-0.3, -0.25) is 9.97 Å². The number of rotatable bonds is 5. The van der Waals surface area contributed by atoms with Crippen molar-refractivity contribution in [1.29, 1.82) is 0 Å². The normalized spacial score (nSPS) is 11.5. The number of hydrogen-bond donors (Lipinski definition) is 0.